The van der Waals surface area contributed by atoms with Crippen LogP contribution in [0.3, 0.4) is 0 Å². The van der Waals surface area contributed by atoms with E-state index in [-0.39, 0.29) is 12.1 Å². The highest BCUT2D eigenvalue weighted by Crippen LogP contribution is 2.35. The molecule has 1 aliphatic rings. The van der Waals surface area contributed by atoms with Gasteiger partial charge in [-0.3, -0.25) is 0 Å². The Kier molecular flexibility index (Phi) is 7.18. The number of amides is 2. The van der Waals surface area contributed by atoms with Crippen LogP contribution in [0.5, 0.6) is 11.5 Å². The van der Waals surface area contributed by atoms with Crippen LogP contribution in [0.2, 0.25) is 0 Å². The largest absolute Gasteiger partial charge is 0.493 e. The van der Waals surface area contributed by atoms with Crippen molar-refractivity contribution in [2.45, 2.75) is 45.9 Å². The summed E-state index contributed by atoms with van der Waals surface area (Å²) in [5.74, 6) is 0.615. The minimum atomic E-state index is -0.667. The first-order chi connectivity index (χ1) is 14.9. The van der Waals surface area contributed by atoms with Gasteiger partial charge in [0.05, 0.1) is 24.8 Å². The van der Waals surface area contributed by atoms with Gasteiger partial charge in [0, 0.05) is 5.70 Å². The van der Waals surface area contributed by atoms with Crippen LogP contribution < -0.4 is 20.1 Å². The Morgan fingerprint density at radius 3 is 2.48 bits per heavy atom. The Bertz CT molecular complexity index is 969. The van der Waals surface area contributed by atoms with E-state index in [1.807, 2.05) is 37.3 Å². The maximum absolute atomic E-state index is 12.9. The van der Waals surface area contributed by atoms with Gasteiger partial charge in [0.1, 0.15) is 6.61 Å². The molecular formula is C24H28N2O5. The summed E-state index contributed by atoms with van der Waals surface area (Å²) in [6, 6.07) is 14.1. The third-order valence-electron chi connectivity index (χ3n) is 4.83. The average Bonchev–Trinajstić information content (AvgIpc) is 2.76. The number of nitrogens with one attached hydrogen (secondary N) is 2. The van der Waals surface area contributed by atoms with Crippen LogP contribution in [-0.4, -0.2) is 25.2 Å². The molecule has 0 saturated carbocycles. The zero-order chi connectivity index (χ0) is 22.4. The molecule has 0 spiro atoms. The van der Waals surface area contributed by atoms with Gasteiger partial charge in [0.15, 0.2) is 11.5 Å². The van der Waals surface area contributed by atoms with Crippen LogP contribution in [0.15, 0.2) is 59.8 Å². The van der Waals surface area contributed by atoms with Gasteiger partial charge >= 0.3 is 12.0 Å². The number of ether oxygens (including phenoxy) is 3. The summed E-state index contributed by atoms with van der Waals surface area (Å²) >= 11 is 0. The summed E-state index contributed by atoms with van der Waals surface area (Å²) in [7, 11) is 1.57. The Labute approximate surface area is 182 Å². The second-order valence-corrected chi connectivity index (χ2v) is 7.42. The van der Waals surface area contributed by atoms with E-state index in [2.05, 4.69) is 10.6 Å². The van der Waals surface area contributed by atoms with Gasteiger partial charge in [-0.1, -0.05) is 43.3 Å². The standard InChI is InChI=1S/C24H28N2O5/c1-5-18-21(23(27)31-15(2)3)22(26-24(28)25-18)17-11-12-19(29-4)20(13-17)30-14-16-9-7-6-8-10-16/h6-13,15,22H,5,14H2,1-4H3,(H2,25,26,28). The molecule has 0 fully saturated rings. The maximum Gasteiger partial charge on any atom is 0.338 e. The first-order valence-electron chi connectivity index (χ1n) is 10.3. The maximum atomic E-state index is 12.9. The smallest absolute Gasteiger partial charge is 0.338 e. The molecule has 31 heavy (non-hydrogen) atoms. The number of rotatable bonds is 8. The van der Waals surface area contributed by atoms with Crippen LogP contribution in [0.1, 0.15) is 44.4 Å². The van der Waals surface area contributed by atoms with E-state index in [0.717, 1.165) is 5.56 Å². The Morgan fingerprint density at radius 2 is 1.84 bits per heavy atom. The molecule has 0 saturated heterocycles. The highest BCUT2D eigenvalue weighted by molar-refractivity contribution is 5.95. The van der Waals surface area contributed by atoms with Gasteiger partial charge in [-0.25, -0.2) is 9.59 Å². The number of benzene rings is 2. The lowest BCUT2D eigenvalue weighted by molar-refractivity contribution is -0.143. The molecule has 0 bridgehead atoms. The van der Waals surface area contributed by atoms with Crippen molar-refractivity contribution in [1.82, 2.24) is 10.6 Å². The van der Waals surface area contributed by atoms with Gasteiger partial charge in [-0.05, 0) is 43.5 Å². The van der Waals surface area contributed by atoms with E-state index in [1.54, 1.807) is 39.2 Å². The summed E-state index contributed by atoms with van der Waals surface area (Å²) in [4.78, 5) is 25.1. The summed E-state index contributed by atoms with van der Waals surface area (Å²) in [6.45, 7) is 5.81. The van der Waals surface area contributed by atoms with Crippen LogP contribution in [0.25, 0.3) is 0 Å². The number of hydrogen-bond acceptors (Lipinski definition) is 5. The highest BCUT2D eigenvalue weighted by atomic mass is 16.5. The number of methoxy groups -OCH3 is 1. The van der Waals surface area contributed by atoms with Crippen molar-refractivity contribution in [1.29, 1.82) is 0 Å². The second-order valence-electron chi connectivity index (χ2n) is 7.42. The number of carbonyl (C=O) groups is 2. The van der Waals surface area contributed by atoms with Crippen LogP contribution >= 0.6 is 0 Å². The lowest BCUT2D eigenvalue weighted by Gasteiger charge is -2.30. The number of allylic oxidation sites excluding steroid dienone is 1. The molecule has 0 aromatic heterocycles. The lowest BCUT2D eigenvalue weighted by Crippen LogP contribution is -2.46. The average molecular weight is 424 g/mol. The zero-order valence-corrected chi connectivity index (χ0v) is 18.2. The monoisotopic (exact) mass is 424 g/mol. The summed E-state index contributed by atoms with van der Waals surface area (Å²) in [5, 5.41) is 5.56. The predicted molar refractivity (Wildman–Crippen MR) is 117 cm³/mol. The number of esters is 1. The topological polar surface area (TPSA) is 85.9 Å². The minimum Gasteiger partial charge on any atom is -0.493 e. The molecule has 0 radical (unpaired) electrons. The Hall–Kier alpha value is -3.48. The van der Waals surface area contributed by atoms with Crippen molar-refractivity contribution in [2.24, 2.45) is 0 Å². The quantitative estimate of drug-likeness (QED) is 0.619. The summed E-state index contributed by atoms with van der Waals surface area (Å²) in [6.07, 6.45) is 0.206. The van der Waals surface area contributed by atoms with Gasteiger partial charge in [-0.15, -0.1) is 0 Å². The molecule has 0 aliphatic carbocycles. The fraction of sp³-hybridized carbons (Fsp3) is 0.333. The van der Waals surface area contributed by atoms with E-state index >= 15 is 0 Å². The van der Waals surface area contributed by atoms with Crippen LogP contribution in [-0.2, 0) is 16.1 Å². The lowest BCUT2D eigenvalue weighted by atomic mass is 9.94. The van der Waals surface area contributed by atoms with Gasteiger partial charge in [-0.2, -0.15) is 0 Å². The molecule has 2 aromatic rings. The molecule has 2 amide bonds. The summed E-state index contributed by atoms with van der Waals surface area (Å²) in [5.41, 5.74) is 2.64. The van der Waals surface area contributed by atoms with Crippen molar-refractivity contribution in [2.75, 3.05) is 7.11 Å². The van der Waals surface area contributed by atoms with Crippen LogP contribution in [0, 0.1) is 0 Å². The molecule has 1 unspecified atom stereocenters. The Morgan fingerprint density at radius 1 is 1.10 bits per heavy atom. The molecule has 7 heteroatoms. The number of carbonyl (C=O) groups excluding carboxylic acids is 2. The van der Waals surface area contributed by atoms with E-state index in [9.17, 15) is 9.59 Å². The first kappa shape index (κ1) is 22.2. The molecule has 1 heterocycles. The van der Waals surface area contributed by atoms with Crippen LogP contribution in [0.4, 0.5) is 4.79 Å². The molecular weight excluding hydrogens is 396 g/mol. The summed E-state index contributed by atoms with van der Waals surface area (Å²) < 4.78 is 16.9. The molecule has 3 rings (SSSR count). The molecule has 2 aromatic carbocycles. The fourth-order valence-corrected chi connectivity index (χ4v) is 3.39. The SMILES string of the molecule is CCC1=C(C(=O)OC(C)C)C(c2ccc(OC)c(OCc3ccccc3)c2)NC(=O)N1. The minimum absolute atomic E-state index is 0.281. The van der Waals surface area contributed by atoms with Crippen molar-refractivity contribution >= 4 is 12.0 Å². The highest BCUT2D eigenvalue weighted by Gasteiger charge is 2.34. The fourth-order valence-electron chi connectivity index (χ4n) is 3.39. The molecule has 1 atom stereocenters. The van der Waals surface area contributed by atoms with Gasteiger partial charge < -0.3 is 24.8 Å². The van der Waals surface area contributed by atoms with Gasteiger partial charge in [0.25, 0.3) is 0 Å². The van der Waals surface area contributed by atoms with E-state index in [0.29, 0.717) is 41.4 Å². The zero-order valence-electron chi connectivity index (χ0n) is 18.2. The third kappa shape index (κ3) is 5.36. The van der Waals surface area contributed by atoms with Crippen molar-refractivity contribution in [3.63, 3.8) is 0 Å². The van der Waals surface area contributed by atoms with E-state index in [4.69, 9.17) is 14.2 Å². The normalized spacial score (nSPS) is 15.9. The molecule has 2 N–H and O–H groups in total. The van der Waals surface area contributed by atoms with Crippen molar-refractivity contribution in [3.05, 3.63) is 70.9 Å². The number of urea groups is 1. The first-order valence-corrected chi connectivity index (χ1v) is 10.3. The Balaban J connectivity index is 1.96. The molecule has 7 nitrogen and oxygen atoms in total. The molecule has 164 valence electrons. The van der Waals surface area contributed by atoms with E-state index < -0.39 is 12.0 Å². The number of hydrogen-bond donors (Lipinski definition) is 2. The van der Waals surface area contributed by atoms with Crippen molar-refractivity contribution in [3.8, 4) is 11.5 Å². The van der Waals surface area contributed by atoms with E-state index in [1.165, 1.54) is 0 Å². The van der Waals surface area contributed by atoms with Crippen molar-refractivity contribution < 1.29 is 23.8 Å². The van der Waals surface area contributed by atoms with Gasteiger partial charge in [0.2, 0.25) is 0 Å². The predicted octanol–water partition coefficient (Wildman–Crippen LogP) is 4.24. The third-order valence-corrected chi connectivity index (χ3v) is 4.83. The second kappa shape index (κ2) is 10.0. The molecule has 1 aliphatic heterocycles.